The van der Waals surface area contributed by atoms with E-state index in [9.17, 15) is 9.59 Å². The predicted molar refractivity (Wildman–Crippen MR) is 77.3 cm³/mol. The van der Waals surface area contributed by atoms with Gasteiger partial charge in [0.1, 0.15) is 18.2 Å². The molecule has 108 valence electrons. The lowest BCUT2D eigenvalue weighted by atomic mass is 10.1. The molecule has 0 bridgehead atoms. The van der Waals surface area contributed by atoms with Crippen LogP contribution in [0.3, 0.4) is 0 Å². The molecule has 0 aliphatic heterocycles. The molecule has 0 amide bonds. The minimum absolute atomic E-state index is 0.0391. The van der Waals surface area contributed by atoms with Gasteiger partial charge in [0, 0.05) is 17.0 Å². The monoisotopic (exact) mass is 284 g/mol. The maximum absolute atomic E-state index is 12.3. The zero-order chi connectivity index (χ0) is 15.7. The molecule has 0 saturated carbocycles. The molecule has 0 fully saturated rings. The molecule has 21 heavy (non-hydrogen) atoms. The van der Waals surface area contributed by atoms with Gasteiger partial charge in [0.2, 0.25) is 0 Å². The number of Topliss-reactive ketones (excluding diaryl/α,β-unsaturated/α-hetero) is 1. The number of nitrogens with one attached hydrogen (secondary N) is 1. The van der Waals surface area contributed by atoms with Crippen LogP contribution in [0.4, 0.5) is 0 Å². The van der Waals surface area contributed by atoms with Gasteiger partial charge < -0.3 is 4.98 Å². The topological polar surface area (TPSA) is 91.5 Å². The second kappa shape index (κ2) is 5.37. The number of hydrogen-bond acceptors (Lipinski definition) is 4. The summed E-state index contributed by atoms with van der Waals surface area (Å²) in [6.07, 6.45) is 0. The second-order valence-corrected chi connectivity index (χ2v) is 5.07. The Hall–Kier alpha value is -2.68. The molecule has 6 nitrogen and oxygen atoms in total. The van der Waals surface area contributed by atoms with E-state index >= 15 is 0 Å². The largest absolute Gasteiger partial charge is 0.362 e. The normalized spacial score (nSPS) is 10.4. The average molecular weight is 284 g/mol. The summed E-state index contributed by atoms with van der Waals surface area (Å²) >= 11 is 0. The van der Waals surface area contributed by atoms with Crippen LogP contribution in [0.2, 0.25) is 0 Å². The Morgan fingerprint density at radius 3 is 2.57 bits per heavy atom. The molecule has 0 aromatic carbocycles. The summed E-state index contributed by atoms with van der Waals surface area (Å²) < 4.78 is 1.06. The second-order valence-electron chi connectivity index (χ2n) is 5.07. The Morgan fingerprint density at radius 2 is 2.05 bits per heavy atom. The van der Waals surface area contributed by atoms with Crippen molar-refractivity contribution in [3.05, 3.63) is 50.2 Å². The van der Waals surface area contributed by atoms with Crippen molar-refractivity contribution < 1.29 is 4.79 Å². The Morgan fingerprint density at radius 1 is 1.38 bits per heavy atom. The molecule has 0 atom stereocenters. The van der Waals surface area contributed by atoms with Gasteiger partial charge in [0.05, 0.1) is 5.69 Å². The number of hydrogen-bond donors (Lipinski definition) is 1. The van der Waals surface area contributed by atoms with E-state index in [4.69, 9.17) is 5.26 Å². The zero-order valence-corrected chi connectivity index (χ0v) is 12.4. The van der Waals surface area contributed by atoms with Gasteiger partial charge in [0.15, 0.2) is 5.78 Å². The fourth-order valence-electron chi connectivity index (χ4n) is 2.25. The lowest BCUT2D eigenvalue weighted by molar-refractivity contribution is 0.0965. The van der Waals surface area contributed by atoms with Crippen LogP contribution in [0, 0.1) is 39.0 Å². The first-order valence-corrected chi connectivity index (χ1v) is 6.53. The number of aromatic amines is 1. The van der Waals surface area contributed by atoms with Gasteiger partial charge in [-0.3, -0.25) is 9.59 Å². The summed E-state index contributed by atoms with van der Waals surface area (Å²) in [6.45, 7) is 6.87. The first-order chi connectivity index (χ1) is 9.85. The Bertz CT molecular complexity index is 821. The van der Waals surface area contributed by atoms with E-state index in [1.165, 1.54) is 0 Å². The molecule has 2 rings (SSSR count). The van der Waals surface area contributed by atoms with Gasteiger partial charge in [-0.1, -0.05) is 0 Å². The van der Waals surface area contributed by atoms with E-state index in [-0.39, 0.29) is 17.9 Å². The number of aromatic nitrogens is 3. The summed E-state index contributed by atoms with van der Waals surface area (Å²) in [7, 11) is 0. The number of carbonyl (C=O) groups is 1. The molecule has 0 unspecified atom stereocenters. The van der Waals surface area contributed by atoms with Crippen LogP contribution in [-0.2, 0) is 6.54 Å². The van der Waals surface area contributed by atoms with Crippen molar-refractivity contribution in [2.75, 3.05) is 0 Å². The van der Waals surface area contributed by atoms with Gasteiger partial charge in [-0.2, -0.15) is 10.4 Å². The highest BCUT2D eigenvalue weighted by Crippen LogP contribution is 2.11. The summed E-state index contributed by atoms with van der Waals surface area (Å²) in [5, 5.41) is 13.2. The smallest absolute Gasteiger partial charge is 0.285 e. The Kier molecular flexibility index (Phi) is 3.76. The summed E-state index contributed by atoms with van der Waals surface area (Å²) in [6, 6.07) is 3.63. The van der Waals surface area contributed by atoms with E-state index < -0.39 is 5.56 Å². The maximum Gasteiger partial charge on any atom is 0.285 e. The molecule has 0 radical (unpaired) electrons. The minimum atomic E-state index is -0.529. The fourth-order valence-corrected chi connectivity index (χ4v) is 2.25. The van der Waals surface area contributed by atoms with Crippen LogP contribution < -0.4 is 5.56 Å². The molecule has 0 aliphatic rings. The van der Waals surface area contributed by atoms with Gasteiger partial charge in [0.25, 0.3) is 5.56 Å². The molecule has 2 aromatic rings. The van der Waals surface area contributed by atoms with Crippen LogP contribution in [0.15, 0.2) is 10.9 Å². The molecule has 2 heterocycles. The molecule has 6 heteroatoms. The Labute approximate surface area is 122 Å². The standard InChI is InChI=1S/C15H16N4O2/c1-8-5-12(11(4)17-8)14(20)7-19-15(21)13(6-16)9(2)10(3)18-19/h5,17H,7H2,1-4H3. The summed E-state index contributed by atoms with van der Waals surface area (Å²) in [5.74, 6) is -0.210. The lowest BCUT2D eigenvalue weighted by Gasteiger charge is -2.08. The molecule has 0 saturated heterocycles. The number of ketones is 1. The quantitative estimate of drug-likeness (QED) is 0.866. The van der Waals surface area contributed by atoms with Crippen molar-refractivity contribution in [3.63, 3.8) is 0 Å². The molecule has 0 spiro atoms. The van der Waals surface area contributed by atoms with Crippen molar-refractivity contribution in [3.8, 4) is 6.07 Å². The number of nitriles is 1. The number of carbonyl (C=O) groups excluding carboxylic acids is 1. The Balaban J connectivity index is 2.44. The van der Waals surface area contributed by atoms with Gasteiger partial charge in [-0.25, -0.2) is 4.68 Å². The number of nitrogens with zero attached hydrogens (tertiary/aromatic N) is 3. The third-order valence-corrected chi connectivity index (χ3v) is 3.49. The molecular formula is C15H16N4O2. The van der Waals surface area contributed by atoms with Crippen LogP contribution in [0.25, 0.3) is 0 Å². The third kappa shape index (κ3) is 2.63. The van der Waals surface area contributed by atoms with Crippen LogP contribution >= 0.6 is 0 Å². The van der Waals surface area contributed by atoms with E-state index in [2.05, 4.69) is 10.1 Å². The van der Waals surface area contributed by atoms with E-state index in [1.54, 1.807) is 26.8 Å². The highest BCUT2D eigenvalue weighted by Gasteiger charge is 2.17. The number of rotatable bonds is 3. The van der Waals surface area contributed by atoms with E-state index in [1.807, 2.05) is 13.0 Å². The molecule has 1 N–H and O–H groups in total. The maximum atomic E-state index is 12.3. The highest BCUT2D eigenvalue weighted by atomic mass is 16.1. The van der Waals surface area contributed by atoms with Gasteiger partial charge >= 0.3 is 0 Å². The average Bonchev–Trinajstić information content (AvgIpc) is 2.76. The zero-order valence-electron chi connectivity index (χ0n) is 12.4. The van der Waals surface area contributed by atoms with E-state index in [0.717, 1.165) is 16.1 Å². The summed E-state index contributed by atoms with van der Waals surface area (Å²) in [5.41, 5.74) is 2.82. The van der Waals surface area contributed by atoms with Crippen molar-refractivity contribution in [2.24, 2.45) is 0 Å². The summed E-state index contributed by atoms with van der Waals surface area (Å²) in [4.78, 5) is 27.5. The van der Waals surface area contributed by atoms with Crippen molar-refractivity contribution in [2.45, 2.75) is 34.2 Å². The minimum Gasteiger partial charge on any atom is -0.362 e. The van der Waals surface area contributed by atoms with Crippen molar-refractivity contribution in [1.82, 2.24) is 14.8 Å². The van der Waals surface area contributed by atoms with Crippen LogP contribution in [-0.4, -0.2) is 20.5 Å². The van der Waals surface area contributed by atoms with E-state index in [0.29, 0.717) is 16.8 Å². The highest BCUT2D eigenvalue weighted by molar-refractivity contribution is 5.97. The van der Waals surface area contributed by atoms with Gasteiger partial charge in [-0.05, 0) is 39.3 Å². The third-order valence-electron chi connectivity index (χ3n) is 3.49. The van der Waals surface area contributed by atoms with Gasteiger partial charge in [-0.15, -0.1) is 0 Å². The molecule has 2 aromatic heterocycles. The number of aryl methyl sites for hydroxylation is 3. The van der Waals surface area contributed by atoms with Crippen molar-refractivity contribution >= 4 is 5.78 Å². The molecular weight excluding hydrogens is 268 g/mol. The lowest BCUT2D eigenvalue weighted by Crippen LogP contribution is -2.30. The van der Waals surface area contributed by atoms with Crippen LogP contribution in [0.5, 0.6) is 0 Å². The molecule has 0 aliphatic carbocycles. The number of H-pyrrole nitrogens is 1. The fraction of sp³-hybridized carbons (Fsp3) is 0.333. The first kappa shape index (κ1) is 14.7. The first-order valence-electron chi connectivity index (χ1n) is 6.53. The predicted octanol–water partition coefficient (Wildman–Crippen LogP) is 1.56. The SMILES string of the molecule is Cc1cc(C(=O)Cn2nc(C)c(C)c(C#N)c2=O)c(C)[nH]1. The van der Waals surface area contributed by atoms with Crippen molar-refractivity contribution in [1.29, 1.82) is 5.26 Å². The van der Waals surface area contributed by atoms with Crippen LogP contribution in [0.1, 0.15) is 38.6 Å².